The lowest BCUT2D eigenvalue weighted by molar-refractivity contribution is -0.130. The zero-order valence-corrected chi connectivity index (χ0v) is 11.0. The highest BCUT2D eigenvalue weighted by Crippen LogP contribution is 1.98. The molecule has 1 aromatic heterocycles. The van der Waals surface area contributed by atoms with Crippen LogP contribution in [0.2, 0.25) is 0 Å². The van der Waals surface area contributed by atoms with Gasteiger partial charge in [0.25, 0.3) is 0 Å². The molecule has 6 heteroatoms. The van der Waals surface area contributed by atoms with Gasteiger partial charge in [0.05, 0.1) is 5.69 Å². The molecule has 1 heterocycles. The Morgan fingerprint density at radius 3 is 2.76 bits per heavy atom. The number of amides is 1. The average molecular weight is 259 g/mol. The first-order chi connectivity index (χ1) is 7.59. The molecule has 0 aliphatic heterocycles. The molecule has 1 aromatic rings. The number of hydrogen-bond acceptors (Lipinski definition) is 4. The van der Waals surface area contributed by atoms with Crippen LogP contribution in [0.4, 0.5) is 0 Å². The van der Waals surface area contributed by atoms with Gasteiger partial charge in [-0.15, -0.1) is 12.4 Å². The van der Waals surface area contributed by atoms with Crippen molar-refractivity contribution < 1.29 is 4.79 Å². The van der Waals surface area contributed by atoms with E-state index in [1.807, 2.05) is 6.92 Å². The van der Waals surface area contributed by atoms with Gasteiger partial charge in [-0.2, -0.15) is 0 Å². The molecule has 0 aromatic carbocycles. The van der Waals surface area contributed by atoms with Gasteiger partial charge in [-0.3, -0.25) is 14.8 Å². The maximum absolute atomic E-state index is 11.6. The Hall–Kier alpha value is -1.20. The average Bonchev–Trinajstić information content (AvgIpc) is 2.26. The summed E-state index contributed by atoms with van der Waals surface area (Å²) in [6.45, 7) is 2.47. The van der Waals surface area contributed by atoms with Crippen molar-refractivity contribution in [2.45, 2.75) is 25.8 Å². The normalized spacial score (nSPS) is 11.5. The third-order valence-corrected chi connectivity index (χ3v) is 2.24. The largest absolute Gasteiger partial charge is 0.345 e. The number of halogens is 1. The van der Waals surface area contributed by atoms with E-state index in [-0.39, 0.29) is 24.4 Å². The first kappa shape index (κ1) is 15.8. The summed E-state index contributed by atoms with van der Waals surface area (Å²) in [5.74, 6) is 0.0684. The summed E-state index contributed by atoms with van der Waals surface area (Å²) in [7, 11) is 1.78. The van der Waals surface area contributed by atoms with Crippen molar-refractivity contribution in [1.82, 2.24) is 14.9 Å². The lowest BCUT2D eigenvalue weighted by atomic mass is 10.2. The maximum Gasteiger partial charge on any atom is 0.223 e. The summed E-state index contributed by atoms with van der Waals surface area (Å²) in [6, 6.07) is -0.0912. The van der Waals surface area contributed by atoms with Crippen molar-refractivity contribution >= 4 is 18.3 Å². The summed E-state index contributed by atoms with van der Waals surface area (Å²) < 4.78 is 0. The number of carbonyl (C=O) groups excluding carboxylic acids is 1. The molecular formula is C11H19ClN4O. The highest BCUT2D eigenvalue weighted by Gasteiger charge is 2.10. The summed E-state index contributed by atoms with van der Waals surface area (Å²) in [4.78, 5) is 21.4. The zero-order valence-electron chi connectivity index (χ0n) is 10.2. The fourth-order valence-corrected chi connectivity index (χ4v) is 1.30. The van der Waals surface area contributed by atoms with Crippen molar-refractivity contribution in [1.29, 1.82) is 0 Å². The van der Waals surface area contributed by atoms with Gasteiger partial charge in [0, 0.05) is 51.1 Å². The third kappa shape index (κ3) is 6.19. The van der Waals surface area contributed by atoms with Crippen LogP contribution in [-0.4, -0.2) is 40.4 Å². The molecule has 0 aliphatic rings. The molecule has 1 rings (SSSR count). The van der Waals surface area contributed by atoms with Gasteiger partial charge in [0.1, 0.15) is 0 Å². The van der Waals surface area contributed by atoms with Crippen LogP contribution in [0.25, 0.3) is 0 Å². The smallest absolute Gasteiger partial charge is 0.223 e. The molecule has 1 amide bonds. The Morgan fingerprint density at radius 2 is 2.24 bits per heavy atom. The van der Waals surface area contributed by atoms with E-state index in [9.17, 15) is 4.79 Å². The number of nitrogens with zero attached hydrogens (tertiary/aromatic N) is 3. The monoisotopic (exact) mass is 258 g/mol. The van der Waals surface area contributed by atoms with Crippen LogP contribution in [0.3, 0.4) is 0 Å². The predicted octanol–water partition coefficient (Wildman–Crippen LogP) is 0.637. The van der Waals surface area contributed by atoms with E-state index in [0.717, 1.165) is 12.1 Å². The molecule has 0 aliphatic carbocycles. The number of likely N-dealkylation sites (N-methyl/N-ethyl adjacent to an activating group) is 1. The fraction of sp³-hybridized carbons (Fsp3) is 0.545. The molecular weight excluding hydrogens is 240 g/mol. The van der Waals surface area contributed by atoms with Crippen molar-refractivity contribution in [3.05, 3.63) is 24.3 Å². The molecule has 0 saturated heterocycles. The van der Waals surface area contributed by atoms with Crippen LogP contribution in [0.1, 0.15) is 19.0 Å². The first-order valence-electron chi connectivity index (χ1n) is 5.34. The Bertz CT molecular complexity index is 332. The third-order valence-electron chi connectivity index (χ3n) is 2.24. The van der Waals surface area contributed by atoms with Gasteiger partial charge in [0.2, 0.25) is 5.91 Å². The van der Waals surface area contributed by atoms with E-state index in [4.69, 9.17) is 5.73 Å². The molecule has 0 spiro atoms. The molecule has 2 N–H and O–H groups in total. The van der Waals surface area contributed by atoms with Crippen LogP contribution in [0.15, 0.2) is 18.6 Å². The minimum Gasteiger partial charge on any atom is -0.345 e. The van der Waals surface area contributed by atoms with E-state index in [1.165, 1.54) is 0 Å². The van der Waals surface area contributed by atoms with E-state index in [2.05, 4.69) is 9.97 Å². The number of carbonyl (C=O) groups is 1. The summed E-state index contributed by atoms with van der Waals surface area (Å²) in [5, 5.41) is 0. The van der Waals surface area contributed by atoms with Crippen molar-refractivity contribution in [3.8, 4) is 0 Å². The molecule has 5 nitrogen and oxygen atoms in total. The molecule has 0 radical (unpaired) electrons. The Kier molecular flexibility index (Phi) is 7.41. The second kappa shape index (κ2) is 7.97. The Morgan fingerprint density at radius 1 is 1.53 bits per heavy atom. The highest BCUT2D eigenvalue weighted by molar-refractivity contribution is 5.85. The van der Waals surface area contributed by atoms with Gasteiger partial charge < -0.3 is 10.6 Å². The van der Waals surface area contributed by atoms with Crippen molar-refractivity contribution in [2.75, 3.05) is 13.6 Å². The SMILES string of the molecule is CC(N)CC(=O)N(C)CCc1cnccn1.Cl. The van der Waals surface area contributed by atoms with Gasteiger partial charge in [-0.1, -0.05) is 0 Å². The van der Waals surface area contributed by atoms with Gasteiger partial charge in [-0.05, 0) is 6.92 Å². The predicted molar refractivity (Wildman–Crippen MR) is 68.9 cm³/mol. The van der Waals surface area contributed by atoms with E-state index in [0.29, 0.717) is 13.0 Å². The molecule has 1 atom stereocenters. The number of hydrogen-bond donors (Lipinski definition) is 1. The van der Waals surface area contributed by atoms with Crippen molar-refractivity contribution in [2.24, 2.45) is 5.73 Å². The molecule has 0 saturated carbocycles. The van der Waals surface area contributed by atoms with Gasteiger partial charge >= 0.3 is 0 Å². The molecule has 17 heavy (non-hydrogen) atoms. The van der Waals surface area contributed by atoms with E-state index >= 15 is 0 Å². The summed E-state index contributed by atoms with van der Waals surface area (Å²) >= 11 is 0. The quantitative estimate of drug-likeness (QED) is 0.841. The number of nitrogens with two attached hydrogens (primary N) is 1. The fourth-order valence-electron chi connectivity index (χ4n) is 1.30. The van der Waals surface area contributed by atoms with Crippen LogP contribution >= 0.6 is 12.4 Å². The van der Waals surface area contributed by atoms with Crippen LogP contribution in [-0.2, 0) is 11.2 Å². The van der Waals surface area contributed by atoms with E-state index < -0.39 is 0 Å². The molecule has 0 bridgehead atoms. The second-order valence-electron chi connectivity index (χ2n) is 3.94. The molecule has 96 valence electrons. The minimum atomic E-state index is -0.0912. The Balaban J connectivity index is 0.00000256. The summed E-state index contributed by atoms with van der Waals surface area (Å²) in [5.41, 5.74) is 6.46. The number of rotatable bonds is 5. The minimum absolute atomic E-state index is 0. The second-order valence-corrected chi connectivity index (χ2v) is 3.94. The lowest BCUT2D eigenvalue weighted by Gasteiger charge is -2.17. The maximum atomic E-state index is 11.6. The molecule has 0 fully saturated rings. The number of aromatic nitrogens is 2. The van der Waals surface area contributed by atoms with Gasteiger partial charge in [-0.25, -0.2) is 0 Å². The zero-order chi connectivity index (χ0) is 12.0. The van der Waals surface area contributed by atoms with Crippen LogP contribution < -0.4 is 5.73 Å². The first-order valence-corrected chi connectivity index (χ1v) is 5.34. The van der Waals surface area contributed by atoms with Gasteiger partial charge in [0.15, 0.2) is 0 Å². The Labute approximate surface area is 108 Å². The summed E-state index contributed by atoms with van der Waals surface area (Å²) in [6.07, 6.45) is 6.10. The van der Waals surface area contributed by atoms with Crippen LogP contribution in [0, 0.1) is 0 Å². The highest BCUT2D eigenvalue weighted by atomic mass is 35.5. The topological polar surface area (TPSA) is 72.1 Å². The van der Waals surface area contributed by atoms with Crippen molar-refractivity contribution in [3.63, 3.8) is 0 Å². The standard InChI is InChI=1S/C11H18N4O.ClH/c1-9(12)7-11(16)15(2)6-3-10-8-13-4-5-14-10;/h4-5,8-9H,3,6-7,12H2,1-2H3;1H. The lowest BCUT2D eigenvalue weighted by Crippen LogP contribution is -2.33. The van der Waals surface area contributed by atoms with E-state index in [1.54, 1.807) is 30.5 Å². The molecule has 1 unspecified atom stereocenters. The van der Waals surface area contributed by atoms with Crippen LogP contribution in [0.5, 0.6) is 0 Å².